The third-order valence-electron chi connectivity index (χ3n) is 6.45. The molecule has 5 rings (SSSR count). The van der Waals surface area contributed by atoms with E-state index in [0.29, 0.717) is 36.8 Å². The fraction of sp³-hybridized carbons (Fsp3) is 0.500. The molecular formula is C24H30N6O2. The zero-order valence-electron chi connectivity index (χ0n) is 18.8. The minimum absolute atomic E-state index is 0.113. The molecule has 1 fully saturated rings. The Hall–Kier alpha value is -3.16. The van der Waals surface area contributed by atoms with E-state index in [2.05, 4.69) is 24.1 Å². The van der Waals surface area contributed by atoms with Gasteiger partial charge in [-0.3, -0.25) is 14.3 Å². The molecule has 0 radical (unpaired) electrons. The van der Waals surface area contributed by atoms with Crippen molar-refractivity contribution < 1.29 is 9.59 Å². The van der Waals surface area contributed by atoms with Gasteiger partial charge in [0, 0.05) is 49.2 Å². The van der Waals surface area contributed by atoms with E-state index in [1.807, 2.05) is 33.5 Å². The Morgan fingerprint density at radius 1 is 1.22 bits per heavy atom. The summed E-state index contributed by atoms with van der Waals surface area (Å²) >= 11 is 0. The van der Waals surface area contributed by atoms with Gasteiger partial charge in [0.2, 0.25) is 0 Å². The van der Waals surface area contributed by atoms with Crippen LogP contribution in [0.2, 0.25) is 0 Å². The molecule has 32 heavy (non-hydrogen) atoms. The first-order valence-electron chi connectivity index (χ1n) is 11.6. The second-order valence-corrected chi connectivity index (χ2v) is 9.37. The lowest BCUT2D eigenvalue weighted by molar-refractivity contribution is 0.0724. The number of aromatic nitrogens is 4. The Morgan fingerprint density at radius 3 is 2.78 bits per heavy atom. The van der Waals surface area contributed by atoms with E-state index < -0.39 is 0 Å². The Labute approximate surface area is 187 Å². The van der Waals surface area contributed by atoms with Crippen molar-refractivity contribution in [1.29, 1.82) is 0 Å². The summed E-state index contributed by atoms with van der Waals surface area (Å²) in [5.41, 5.74) is 3.60. The SMILES string of the molecule is CC(C)Cn1nc(C(=O)NC2CCCC2)c2c1CCN(C(=O)c1cn3ccccc3n1)C2. The lowest BCUT2D eigenvalue weighted by Crippen LogP contribution is -2.38. The summed E-state index contributed by atoms with van der Waals surface area (Å²) in [7, 11) is 0. The molecule has 0 bridgehead atoms. The molecule has 0 aromatic carbocycles. The van der Waals surface area contributed by atoms with Gasteiger partial charge in [-0.15, -0.1) is 0 Å². The molecule has 8 heteroatoms. The molecule has 0 atom stereocenters. The maximum absolute atomic E-state index is 13.2. The van der Waals surface area contributed by atoms with Crippen molar-refractivity contribution in [1.82, 2.24) is 29.4 Å². The number of pyridine rings is 1. The fourth-order valence-corrected chi connectivity index (χ4v) is 4.87. The Morgan fingerprint density at radius 2 is 2.03 bits per heavy atom. The Kier molecular flexibility index (Phi) is 5.45. The molecule has 2 aliphatic rings. The largest absolute Gasteiger partial charge is 0.348 e. The molecule has 1 saturated carbocycles. The molecule has 3 aromatic rings. The summed E-state index contributed by atoms with van der Waals surface area (Å²) < 4.78 is 3.83. The van der Waals surface area contributed by atoms with Crippen LogP contribution in [0, 0.1) is 5.92 Å². The molecule has 0 spiro atoms. The van der Waals surface area contributed by atoms with Crippen molar-refractivity contribution in [2.45, 2.75) is 65.1 Å². The van der Waals surface area contributed by atoms with Crippen molar-refractivity contribution in [3.8, 4) is 0 Å². The number of imidazole rings is 1. The van der Waals surface area contributed by atoms with Crippen molar-refractivity contribution in [2.75, 3.05) is 6.54 Å². The molecule has 1 aliphatic heterocycles. The number of fused-ring (bicyclic) bond motifs is 2. The van der Waals surface area contributed by atoms with E-state index in [1.54, 1.807) is 11.1 Å². The maximum atomic E-state index is 13.2. The van der Waals surface area contributed by atoms with Gasteiger partial charge in [0.05, 0.1) is 6.54 Å². The highest BCUT2D eigenvalue weighted by molar-refractivity contribution is 5.95. The first kappa shape index (κ1) is 20.7. The molecule has 168 valence electrons. The zero-order chi connectivity index (χ0) is 22.2. The number of nitrogens with zero attached hydrogens (tertiary/aromatic N) is 5. The third-order valence-corrected chi connectivity index (χ3v) is 6.45. The van der Waals surface area contributed by atoms with Crippen molar-refractivity contribution in [3.63, 3.8) is 0 Å². The predicted octanol–water partition coefficient (Wildman–Crippen LogP) is 3.06. The van der Waals surface area contributed by atoms with Crippen LogP contribution in [0.15, 0.2) is 30.6 Å². The molecule has 1 aliphatic carbocycles. The molecule has 2 amide bonds. The van der Waals surface area contributed by atoms with Gasteiger partial charge in [0.25, 0.3) is 11.8 Å². The molecular weight excluding hydrogens is 404 g/mol. The highest BCUT2D eigenvalue weighted by Gasteiger charge is 2.32. The van der Waals surface area contributed by atoms with Crippen LogP contribution in [-0.2, 0) is 19.5 Å². The second kappa shape index (κ2) is 8.41. The number of nitrogens with one attached hydrogen (secondary N) is 1. The molecule has 4 heterocycles. The summed E-state index contributed by atoms with van der Waals surface area (Å²) in [6.07, 6.45) is 8.71. The smallest absolute Gasteiger partial charge is 0.274 e. The first-order chi connectivity index (χ1) is 15.5. The van der Waals surface area contributed by atoms with Crippen LogP contribution in [-0.4, -0.2) is 48.5 Å². The third kappa shape index (κ3) is 3.89. The minimum atomic E-state index is -0.113. The van der Waals surface area contributed by atoms with Gasteiger partial charge < -0.3 is 14.6 Å². The van der Waals surface area contributed by atoms with Gasteiger partial charge in [-0.05, 0) is 30.9 Å². The Bertz CT molecular complexity index is 1120. The van der Waals surface area contributed by atoms with Crippen LogP contribution in [0.1, 0.15) is 71.8 Å². The van der Waals surface area contributed by atoms with Gasteiger partial charge in [-0.2, -0.15) is 5.10 Å². The van der Waals surface area contributed by atoms with E-state index in [1.165, 1.54) is 0 Å². The lowest BCUT2D eigenvalue weighted by atomic mass is 10.0. The van der Waals surface area contributed by atoms with Crippen LogP contribution in [0.4, 0.5) is 0 Å². The first-order valence-corrected chi connectivity index (χ1v) is 11.6. The number of rotatable bonds is 5. The van der Waals surface area contributed by atoms with E-state index in [-0.39, 0.29) is 17.9 Å². The average Bonchev–Trinajstić information content (AvgIpc) is 3.51. The fourth-order valence-electron chi connectivity index (χ4n) is 4.87. The van der Waals surface area contributed by atoms with Crippen LogP contribution < -0.4 is 5.32 Å². The average molecular weight is 435 g/mol. The maximum Gasteiger partial charge on any atom is 0.274 e. The van der Waals surface area contributed by atoms with E-state index in [4.69, 9.17) is 5.10 Å². The highest BCUT2D eigenvalue weighted by Crippen LogP contribution is 2.26. The van der Waals surface area contributed by atoms with Gasteiger partial charge in [-0.1, -0.05) is 32.8 Å². The van der Waals surface area contributed by atoms with Crippen LogP contribution in [0.5, 0.6) is 0 Å². The molecule has 1 N–H and O–H groups in total. The number of carbonyl (C=O) groups excluding carboxylic acids is 2. The molecule has 8 nitrogen and oxygen atoms in total. The number of amides is 2. The monoisotopic (exact) mass is 434 g/mol. The Balaban J connectivity index is 1.42. The van der Waals surface area contributed by atoms with Gasteiger partial charge >= 0.3 is 0 Å². The molecule has 0 unspecified atom stereocenters. The number of hydrogen-bond acceptors (Lipinski definition) is 4. The minimum Gasteiger partial charge on any atom is -0.348 e. The quantitative estimate of drug-likeness (QED) is 0.669. The van der Waals surface area contributed by atoms with Crippen LogP contribution in [0.25, 0.3) is 5.65 Å². The van der Waals surface area contributed by atoms with E-state index in [0.717, 1.165) is 49.1 Å². The summed E-state index contributed by atoms with van der Waals surface area (Å²) in [4.78, 5) is 32.7. The normalized spacial score (nSPS) is 16.7. The summed E-state index contributed by atoms with van der Waals surface area (Å²) in [5, 5.41) is 7.89. The van der Waals surface area contributed by atoms with Crippen molar-refractivity contribution in [3.05, 3.63) is 53.2 Å². The lowest BCUT2D eigenvalue weighted by Gasteiger charge is -2.27. The van der Waals surface area contributed by atoms with E-state index in [9.17, 15) is 9.59 Å². The van der Waals surface area contributed by atoms with Crippen molar-refractivity contribution in [2.24, 2.45) is 5.92 Å². The second-order valence-electron chi connectivity index (χ2n) is 9.37. The molecule has 0 saturated heterocycles. The number of carbonyl (C=O) groups is 2. The van der Waals surface area contributed by atoms with Crippen molar-refractivity contribution >= 4 is 17.5 Å². The summed E-state index contributed by atoms with van der Waals surface area (Å²) in [6, 6.07) is 5.93. The van der Waals surface area contributed by atoms with Gasteiger partial charge in [-0.25, -0.2) is 4.98 Å². The summed E-state index contributed by atoms with van der Waals surface area (Å²) in [5.74, 6) is 0.193. The predicted molar refractivity (Wildman–Crippen MR) is 120 cm³/mol. The highest BCUT2D eigenvalue weighted by atomic mass is 16.2. The van der Waals surface area contributed by atoms with E-state index >= 15 is 0 Å². The summed E-state index contributed by atoms with van der Waals surface area (Å²) in [6.45, 7) is 6.03. The zero-order valence-corrected chi connectivity index (χ0v) is 18.8. The standard InChI is InChI=1S/C24H30N6O2/c1-16(2)13-30-20-10-12-29(24(32)19-15-28-11-6-5-9-21(28)26-19)14-18(20)22(27-30)23(31)25-17-7-3-4-8-17/h5-6,9,11,15-17H,3-4,7-8,10,12-14H2,1-2H3,(H,25,31). The van der Waals surface area contributed by atoms with Crippen LogP contribution in [0.3, 0.4) is 0 Å². The number of hydrogen-bond donors (Lipinski definition) is 1. The van der Waals surface area contributed by atoms with Crippen LogP contribution >= 0.6 is 0 Å². The van der Waals surface area contributed by atoms with Gasteiger partial charge in [0.1, 0.15) is 11.3 Å². The topological polar surface area (TPSA) is 84.5 Å². The molecule has 3 aromatic heterocycles. The van der Waals surface area contributed by atoms with Gasteiger partial charge in [0.15, 0.2) is 5.69 Å².